The van der Waals surface area contributed by atoms with Crippen LogP contribution in [0.25, 0.3) is 0 Å². The van der Waals surface area contributed by atoms with E-state index in [-0.39, 0.29) is 33.9 Å². The van der Waals surface area contributed by atoms with Gasteiger partial charge >= 0.3 is 5.97 Å². The molecule has 1 aromatic heterocycles. The summed E-state index contributed by atoms with van der Waals surface area (Å²) in [6.07, 6.45) is 0. The van der Waals surface area contributed by atoms with Crippen molar-refractivity contribution in [2.24, 2.45) is 0 Å². The van der Waals surface area contributed by atoms with Gasteiger partial charge in [-0.3, -0.25) is 4.79 Å². The second kappa shape index (κ2) is 6.84. The Bertz CT molecular complexity index is 804. The van der Waals surface area contributed by atoms with E-state index in [1.54, 1.807) is 6.07 Å². The summed E-state index contributed by atoms with van der Waals surface area (Å²) in [5, 5.41) is 15.5. The third-order valence-electron chi connectivity index (χ3n) is 3.46. The minimum atomic E-state index is -1.16. The van der Waals surface area contributed by atoms with Crippen LogP contribution >= 0.6 is 0 Å². The van der Waals surface area contributed by atoms with E-state index in [1.165, 1.54) is 26.4 Å². The Balaban J connectivity index is 2.38. The Hall–Kier alpha value is -3.03. The second-order valence-electron chi connectivity index (χ2n) is 6.34. The van der Waals surface area contributed by atoms with Crippen LogP contribution in [0.2, 0.25) is 0 Å². The number of amides is 1. The zero-order valence-electron chi connectivity index (χ0n) is 14.7. The molecule has 0 bridgehead atoms. The number of benzene rings is 1. The van der Waals surface area contributed by atoms with E-state index in [0.29, 0.717) is 5.76 Å². The Morgan fingerprint density at radius 3 is 2.32 bits per heavy atom. The largest absolute Gasteiger partial charge is 0.493 e. The number of methoxy groups -OCH3 is 2. The van der Waals surface area contributed by atoms with Crippen molar-refractivity contribution < 1.29 is 28.7 Å². The van der Waals surface area contributed by atoms with Crippen LogP contribution in [0.4, 0.5) is 5.69 Å². The highest BCUT2D eigenvalue weighted by Gasteiger charge is 2.24. The SMILES string of the molecule is COc1cc(C(=O)O)cc(NC(=O)c2cc(C(C)(C)C)on2)c1OC. The van der Waals surface area contributed by atoms with Gasteiger partial charge in [-0.25, -0.2) is 4.79 Å². The first kappa shape index (κ1) is 18.3. The standard InChI is InChI=1S/C17H20N2O6/c1-17(2,3)13-8-11(19-25-13)15(20)18-10-6-9(16(21)22)7-12(23-4)14(10)24-5/h6-8H,1-5H3,(H,18,20)(H,21,22). The van der Waals surface area contributed by atoms with Gasteiger partial charge in [0.15, 0.2) is 17.2 Å². The van der Waals surface area contributed by atoms with E-state index < -0.39 is 11.9 Å². The molecule has 8 nitrogen and oxygen atoms in total. The molecule has 2 N–H and O–H groups in total. The van der Waals surface area contributed by atoms with Gasteiger partial charge < -0.3 is 24.4 Å². The molecule has 0 radical (unpaired) electrons. The first-order chi connectivity index (χ1) is 11.7. The highest BCUT2D eigenvalue weighted by atomic mass is 16.5. The fourth-order valence-corrected chi connectivity index (χ4v) is 2.10. The van der Waals surface area contributed by atoms with Gasteiger partial charge in [-0.1, -0.05) is 25.9 Å². The van der Waals surface area contributed by atoms with Crippen LogP contribution in [0, 0.1) is 0 Å². The molecule has 0 fully saturated rings. The number of carboxylic acid groups (broad SMARTS) is 1. The summed E-state index contributed by atoms with van der Waals surface area (Å²) >= 11 is 0. The van der Waals surface area contributed by atoms with Gasteiger partial charge in [-0.2, -0.15) is 0 Å². The maximum Gasteiger partial charge on any atom is 0.335 e. The van der Waals surface area contributed by atoms with Gasteiger partial charge in [0.1, 0.15) is 5.76 Å². The minimum absolute atomic E-state index is 0.0523. The summed E-state index contributed by atoms with van der Waals surface area (Å²) in [6, 6.07) is 4.14. The van der Waals surface area contributed by atoms with E-state index in [0.717, 1.165) is 0 Å². The predicted molar refractivity (Wildman–Crippen MR) is 89.7 cm³/mol. The van der Waals surface area contributed by atoms with Crippen molar-refractivity contribution in [3.8, 4) is 11.5 Å². The average Bonchev–Trinajstić information content (AvgIpc) is 3.04. The van der Waals surface area contributed by atoms with E-state index in [1.807, 2.05) is 20.8 Å². The highest BCUT2D eigenvalue weighted by Crippen LogP contribution is 2.37. The number of aromatic carboxylic acids is 1. The smallest absolute Gasteiger partial charge is 0.335 e. The van der Waals surface area contributed by atoms with Crippen molar-refractivity contribution in [2.45, 2.75) is 26.2 Å². The first-order valence-corrected chi connectivity index (χ1v) is 7.45. The quantitative estimate of drug-likeness (QED) is 0.854. The lowest BCUT2D eigenvalue weighted by Gasteiger charge is -2.14. The van der Waals surface area contributed by atoms with Gasteiger partial charge in [0.25, 0.3) is 5.91 Å². The van der Waals surface area contributed by atoms with Crippen LogP contribution in [0.5, 0.6) is 11.5 Å². The molecule has 1 heterocycles. The molecule has 0 atom stereocenters. The molecule has 0 spiro atoms. The maximum absolute atomic E-state index is 12.4. The molecule has 25 heavy (non-hydrogen) atoms. The molecule has 134 valence electrons. The molecule has 0 unspecified atom stereocenters. The van der Waals surface area contributed by atoms with Crippen molar-refractivity contribution >= 4 is 17.6 Å². The first-order valence-electron chi connectivity index (χ1n) is 7.45. The third-order valence-corrected chi connectivity index (χ3v) is 3.46. The number of aromatic nitrogens is 1. The topological polar surface area (TPSA) is 111 Å². The molecule has 2 aromatic rings. The van der Waals surface area contributed by atoms with Gasteiger partial charge in [0.2, 0.25) is 0 Å². The Labute approximate surface area is 144 Å². The van der Waals surface area contributed by atoms with Crippen molar-refractivity contribution in [2.75, 3.05) is 19.5 Å². The van der Waals surface area contributed by atoms with Crippen molar-refractivity contribution in [1.82, 2.24) is 5.16 Å². The normalized spacial score (nSPS) is 11.1. The zero-order chi connectivity index (χ0) is 18.8. The van der Waals surface area contributed by atoms with Crippen LogP contribution < -0.4 is 14.8 Å². The number of hydrogen-bond acceptors (Lipinski definition) is 6. The van der Waals surface area contributed by atoms with Crippen LogP contribution in [0.3, 0.4) is 0 Å². The Morgan fingerprint density at radius 2 is 1.84 bits per heavy atom. The molecule has 0 saturated carbocycles. The molecular formula is C17H20N2O6. The Kier molecular flexibility index (Phi) is 5.01. The molecule has 1 aromatic carbocycles. The number of rotatable bonds is 5. The number of nitrogens with one attached hydrogen (secondary N) is 1. The van der Waals surface area contributed by atoms with Gasteiger partial charge in [-0.05, 0) is 12.1 Å². The van der Waals surface area contributed by atoms with Crippen molar-refractivity contribution in [3.63, 3.8) is 0 Å². The monoisotopic (exact) mass is 348 g/mol. The van der Waals surface area contributed by atoms with Crippen molar-refractivity contribution in [3.05, 3.63) is 35.2 Å². The summed E-state index contributed by atoms with van der Waals surface area (Å²) in [7, 11) is 2.77. The number of nitrogens with zero attached hydrogens (tertiary/aromatic N) is 1. The second-order valence-corrected chi connectivity index (χ2v) is 6.34. The molecule has 0 aliphatic rings. The number of hydrogen-bond donors (Lipinski definition) is 2. The molecular weight excluding hydrogens is 328 g/mol. The van der Waals surface area contributed by atoms with Crippen LogP contribution in [-0.2, 0) is 5.41 Å². The highest BCUT2D eigenvalue weighted by molar-refractivity contribution is 6.05. The van der Waals surface area contributed by atoms with Gasteiger partial charge in [0, 0.05) is 11.5 Å². The average molecular weight is 348 g/mol. The fraction of sp³-hybridized carbons (Fsp3) is 0.353. The van der Waals surface area contributed by atoms with E-state index in [2.05, 4.69) is 10.5 Å². The fourth-order valence-electron chi connectivity index (χ4n) is 2.10. The number of ether oxygens (including phenoxy) is 2. The third kappa shape index (κ3) is 3.90. The summed E-state index contributed by atoms with van der Waals surface area (Å²) in [6.45, 7) is 5.79. The van der Waals surface area contributed by atoms with Crippen LogP contribution in [-0.4, -0.2) is 36.4 Å². The summed E-state index contributed by atoms with van der Waals surface area (Å²) < 4.78 is 15.5. The predicted octanol–water partition coefficient (Wildman–Crippen LogP) is 2.94. The maximum atomic E-state index is 12.4. The number of carboxylic acids is 1. The van der Waals surface area contributed by atoms with Gasteiger partial charge in [-0.15, -0.1) is 0 Å². The lowest BCUT2D eigenvalue weighted by Crippen LogP contribution is -2.14. The van der Waals surface area contributed by atoms with E-state index in [9.17, 15) is 14.7 Å². The molecule has 0 saturated heterocycles. The van der Waals surface area contributed by atoms with Crippen LogP contribution in [0.1, 0.15) is 47.4 Å². The molecule has 8 heteroatoms. The molecule has 2 rings (SSSR count). The number of carbonyl (C=O) groups is 2. The summed E-state index contributed by atoms with van der Waals surface area (Å²) in [5.41, 5.74) is -0.116. The summed E-state index contributed by atoms with van der Waals surface area (Å²) in [4.78, 5) is 23.7. The lowest BCUT2D eigenvalue weighted by molar-refractivity contribution is 0.0696. The molecule has 0 aliphatic heterocycles. The molecule has 1 amide bonds. The van der Waals surface area contributed by atoms with E-state index >= 15 is 0 Å². The van der Waals surface area contributed by atoms with Crippen molar-refractivity contribution in [1.29, 1.82) is 0 Å². The lowest BCUT2D eigenvalue weighted by atomic mass is 9.93. The van der Waals surface area contributed by atoms with Gasteiger partial charge in [0.05, 0.1) is 25.5 Å². The number of anilines is 1. The Morgan fingerprint density at radius 1 is 1.16 bits per heavy atom. The minimum Gasteiger partial charge on any atom is -0.493 e. The summed E-state index contributed by atoms with van der Waals surface area (Å²) in [5.74, 6) is -0.759. The van der Waals surface area contributed by atoms with E-state index in [4.69, 9.17) is 14.0 Å². The van der Waals surface area contributed by atoms with Crippen LogP contribution in [0.15, 0.2) is 22.7 Å². The zero-order valence-corrected chi connectivity index (χ0v) is 14.7. The molecule has 0 aliphatic carbocycles. The number of carbonyl (C=O) groups excluding carboxylic acids is 1.